The fourth-order valence-electron chi connectivity index (χ4n) is 2.87. The van der Waals surface area contributed by atoms with Gasteiger partial charge in [0, 0.05) is 5.39 Å². The Hall–Kier alpha value is -3.88. The lowest BCUT2D eigenvalue weighted by Gasteiger charge is -2.11. The molecule has 3 rings (SSSR count). The summed E-state index contributed by atoms with van der Waals surface area (Å²) in [6, 6.07) is 13.6. The van der Waals surface area contributed by atoms with Crippen LogP contribution in [0.1, 0.15) is 17.4 Å². The van der Waals surface area contributed by atoms with E-state index in [4.69, 9.17) is 15.2 Å². The second-order valence-electron chi connectivity index (χ2n) is 6.32. The highest BCUT2D eigenvalue weighted by Gasteiger charge is 2.15. The number of rotatable bonds is 9. The van der Waals surface area contributed by atoms with Gasteiger partial charge < -0.3 is 20.5 Å². The van der Waals surface area contributed by atoms with E-state index in [1.54, 1.807) is 48.5 Å². The molecule has 2 aromatic carbocycles. The number of fused-ring (bicyclic) bond motifs is 1. The van der Waals surface area contributed by atoms with Gasteiger partial charge in [-0.3, -0.25) is 14.4 Å². The van der Waals surface area contributed by atoms with Crippen LogP contribution < -0.4 is 26.1 Å². The minimum absolute atomic E-state index is 0.0585. The van der Waals surface area contributed by atoms with Crippen LogP contribution in [0, 0.1) is 0 Å². The zero-order chi connectivity index (χ0) is 21.5. The molecule has 1 heterocycles. The van der Waals surface area contributed by atoms with Crippen molar-refractivity contribution >= 4 is 22.6 Å². The van der Waals surface area contributed by atoms with E-state index >= 15 is 0 Å². The first kappa shape index (κ1) is 20.8. The zero-order valence-electron chi connectivity index (χ0n) is 16.5. The zero-order valence-corrected chi connectivity index (χ0v) is 16.5. The molecule has 0 atom stereocenters. The molecule has 3 aromatic rings. The van der Waals surface area contributed by atoms with E-state index in [9.17, 15) is 14.4 Å². The summed E-state index contributed by atoms with van der Waals surface area (Å²) in [5.74, 6) is 0.183. The van der Waals surface area contributed by atoms with Crippen LogP contribution in [0.3, 0.4) is 0 Å². The molecular formula is C21H22N4O5. The second kappa shape index (κ2) is 9.55. The molecule has 0 unspecified atom stereocenters. The SMILES string of the molecule is CCOc1ccc(OCCNC(=O)Cn2nc(C(N)=O)c3ccccc3c2=O)cc1. The van der Waals surface area contributed by atoms with E-state index in [1.807, 2.05) is 6.92 Å². The molecular weight excluding hydrogens is 388 g/mol. The summed E-state index contributed by atoms with van der Waals surface area (Å²) in [4.78, 5) is 36.5. The third kappa shape index (κ3) is 4.93. The lowest BCUT2D eigenvalue weighted by atomic mass is 10.1. The van der Waals surface area contributed by atoms with Gasteiger partial charge in [0.15, 0.2) is 5.69 Å². The Morgan fingerprint density at radius 3 is 2.30 bits per heavy atom. The monoisotopic (exact) mass is 410 g/mol. The third-order valence-corrected chi connectivity index (χ3v) is 4.22. The average Bonchev–Trinajstić information content (AvgIpc) is 2.74. The number of hydrogen-bond donors (Lipinski definition) is 2. The Labute approximate surface area is 172 Å². The van der Waals surface area contributed by atoms with Crippen molar-refractivity contribution in [3.8, 4) is 11.5 Å². The van der Waals surface area contributed by atoms with Crippen molar-refractivity contribution in [3.63, 3.8) is 0 Å². The van der Waals surface area contributed by atoms with Crippen molar-refractivity contribution in [2.45, 2.75) is 13.5 Å². The first-order chi connectivity index (χ1) is 14.5. The quantitative estimate of drug-likeness (QED) is 0.509. The van der Waals surface area contributed by atoms with E-state index < -0.39 is 17.4 Å². The lowest BCUT2D eigenvalue weighted by Crippen LogP contribution is -2.36. The maximum atomic E-state index is 12.6. The third-order valence-electron chi connectivity index (χ3n) is 4.22. The highest BCUT2D eigenvalue weighted by Crippen LogP contribution is 2.17. The largest absolute Gasteiger partial charge is 0.494 e. The number of carbonyl (C=O) groups excluding carboxylic acids is 2. The number of nitrogens with one attached hydrogen (secondary N) is 1. The molecule has 3 N–H and O–H groups in total. The highest BCUT2D eigenvalue weighted by atomic mass is 16.5. The number of primary amides is 1. The van der Waals surface area contributed by atoms with Crippen LogP contribution >= 0.6 is 0 Å². The molecule has 0 bridgehead atoms. The van der Waals surface area contributed by atoms with Gasteiger partial charge in [-0.2, -0.15) is 5.10 Å². The molecule has 0 aliphatic carbocycles. The maximum absolute atomic E-state index is 12.6. The molecule has 1 aromatic heterocycles. The van der Waals surface area contributed by atoms with Gasteiger partial charge in [-0.15, -0.1) is 0 Å². The Balaban J connectivity index is 1.58. The number of amides is 2. The number of carbonyl (C=O) groups is 2. The average molecular weight is 410 g/mol. The van der Waals surface area contributed by atoms with E-state index in [1.165, 1.54) is 0 Å². The van der Waals surface area contributed by atoms with Gasteiger partial charge in [-0.1, -0.05) is 18.2 Å². The standard InChI is InChI=1S/C21H22N4O5/c1-2-29-14-7-9-15(10-8-14)30-12-11-23-18(26)13-25-21(28)17-6-4-3-5-16(17)19(24-25)20(22)27/h3-10H,2,11-13H2,1H3,(H2,22,27)(H,23,26). The van der Waals surface area contributed by atoms with Crippen LogP contribution in [-0.2, 0) is 11.3 Å². The van der Waals surface area contributed by atoms with Crippen LogP contribution in [0.2, 0.25) is 0 Å². The van der Waals surface area contributed by atoms with Gasteiger partial charge in [0.25, 0.3) is 11.5 Å². The van der Waals surface area contributed by atoms with Crippen LogP contribution in [0.5, 0.6) is 11.5 Å². The fraction of sp³-hybridized carbons (Fsp3) is 0.238. The normalized spacial score (nSPS) is 10.6. The summed E-state index contributed by atoms with van der Waals surface area (Å²) in [5.41, 5.74) is 4.83. The topological polar surface area (TPSA) is 126 Å². The number of hydrogen-bond acceptors (Lipinski definition) is 6. The minimum Gasteiger partial charge on any atom is -0.494 e. The summed E-state index contributed by atoms with van der Waals surface area (Å²) in [5, 5.41) is 7.25. The van der Waals surface area contributed by atoms with E-state index in [0.717, 1.165) is 10.4 Å². The molecule has 0 aliphatic heterocycles. The predicted molar refractivity (Wildman–Crippen MR) is 111 cm³/mol. The molecule has 30 heavy (non-hydrogen) atoms. The minimum atomic E-state index is -0.774. The van der Waals surface area contributed by atoms with Crippen molar-refractivity contribution in [2.24, 2.45) is 5.73 Å². The molecule has 156 valence electrons. The molecule has 0 fully saturated rings. The Morgan fingerprint density at radius 2 is 1.67 bits per heavy atom. The molecule has 9 nitrogen and oxygen atoms in total. The number of aromatic nitrogens is 2. The summed E-state index contributed by atoms with van der Waals surface area (Å²) in [7, 11) is 0. The van der Waals surface area contributed by atoms with Crippen molar-refractivity contribution in [2.75, 3.05) is 19.8 Å². The van der Waals surface area contributed by atoms with E-state index in [-0.39, 0.29) is 30.8 Å². The predicted octanol–water partition coefficient (Wildman–Crippen LogP) is 1.09. The lowest BCUT2D eigenvalue weighted by molar-refractivity contribution is -0.122. The van der Waals surface area contributed by atoms with Crippen LogP contribution in [0.25, 0.3) is 10.8 Å². The maximum Gasteiger partial charge on any atom is 0.275 e. The van der Waals surface area contributed by atoms with Crippen LogP contribution in [0.4, 0.5) is 0 Å². The molecule has 0 aliphatic rings. The van der Waals surface area contributed by atoms with Crippen LogP contribution in [0.15, 0.2) is 53.3 Å². The van der Waals surface area contributed by atoms with Crippen molar-refractivity contribution in [1.82, 2.24) is 15.1 Å². The van der Waals surface area contributed by atoms with E-state index in [2.05, 4.69) is 10.4 Å². The molecule has 2 amide bonds. The molecule has 0 radical (unpaired) electrons. The molecule has 9 heteroatoms. The summed E-state index contributed by atoms with van der Waals surface area (Å²) < 4.78 is 11.9. The summed E-state index contributed by atoms with van der Waals surface area (Å²) >= 11 is 0. The number of nitrogens with two attached hydrogens (primary N) is 1. The molecule has 0 saturated heterocycles. The van der Waals surface area contributed by atoms with Gasteiger partial charge in [-0.25, -0.2) is 4.68 Å². The van der Waals surface area contributed by atoms with Crippen molar-refractivity contribution < 1.29 is 19.1 Å². The number of benzene rings is 2. The fourth-order valence-corrected chi connectivity index (χ4v) is 2.87. The first-order valence-corrected chi connectivity index (χ1v) is 9.41. The molecule has 0 saturated carbocycles. The second-order valence-corrected chi connectivity index (χ2v) is 6.32. The van der Waals surface area contributed by atoms with Crippen LogP contribution in [-0.4, -0.2) is 41.4 Å². The van der Waals surface area contributed by atoms with Crippen molar-refractivity contribution in [3.05, 3.63) is 64.6 Å². The Morgan fingerprint density at radius 1 is 1.03 bits per heavy atom. The van der Waals surface area contributed by atoms with Gasteiger partial charge >= 0.3 is 0 Å². The van der Waals surface area contributed by atoms with E-state index in [0.29, 0.717) is 17.7 Å². The Kier molecular flexibility index (Phi) is 6.63. The van der Waals surface area contributed by atoms with Gasteiger partial charge in [0.1, 0.15) is 24.7 Å². The summed E-state index contributed by atoms with van der Waals surface area (Å²) in [6.45, 7) is 2.63. The smallest absolute Gasteiger partial charge is 0.275 e. The number of nitrogens with zero attached hydrogens (tertiary/aromatic N) is 2. The Bertz CT molecular complexity index is 1110. The summed E-state index contributed by atoms with van der Waals surface area (Å²) in [6.07, 6.45) is 0. The van der Waals surface area contributed by atoms with Gasteiger partial charge in [0.2, 0.25) is 5.91 Å². The number of ether oxygens (including phenoxy) is 2. The highest BCUT2D eigenvalue weighted by molar-refractivity contribution is 6.04. The van der Waals surface area contributed by atoms with Crippen molar-refractivity contribution in [1.29, 1.82) is 0 Å². The first-order valence-electron chi connectivity index (χ1n) is 9.41. The van der Waals surface area contributed by atoms with Gasteiger partial charge in [-0.05, 0) is 37.3 Å². The molecule has 0 spiro atoms. The van der Waals surface area contributed by atoms with Gasteiger partial charge in [0.05, 0.1) is 18.5 Å².